The van der Waals surface area contributed by atoms with Gasteiger partial charge in [-0.1, -0.05) is 18.5 Å². The van der Waals surface area contributed by atoms with Crippen LogP contribution in [-0.2, 0) is 9.59 Å². The molecule has 7 nitrogen and oxygen atoms in total. The summed E-state index contributed by atoms with van der Waals surface area (Å²) in [7, 11) is 1.50. The molecule has 0 radical (unpaired) electrons. The van der Waals surface area contributed by atoms with Crippen molar-refractivity contribution < 1.29 is 23.8 Å². The van der Waals surface area contributed by atoms with Gasteiger partial charge in [-0.3, -0.25) is 19.8 Å². The molecular weight excluding hydrogens is 464 g/mol. The topological polar surface area (TPSA) is 77.1 Å². The van der Waals surface area contributed by atoms with Gasteiger partial charge in [0, 0.05) is 0 Å². The third-order valence-electron chi connectivity index (χ3n) is 4.96. The van der Waals surface area contributed by atoms with Gasteiger partial charge in [0.1, 0.15) is 11.3 Å². The van der Waals surface area contributed by atoms with Gasteiger partial charge in [-0.05, 0) is 80.5 Å². The Kier molecular flexibility index (Phi) is 7.94. The van der Waals surface area contributed by atoms with E-state index in [1.165, 1.54) is 18.1 Å². The van der Waals surface area contributed by atoms with Crippen molar-refractivity contribution in [3.63, 3.8) is 0 Å². The third kappa shape index (κ3) is 5.46. The van der Waals surface area contributed by atoms with Crippen molar-refractivity contribution in [2.75, 3.05) is 18.6 Å². The minimum atomic E-state index is -0.595. The van der Waals surface area contributed by atoms with E-state index in [0.717, 1.165) is 6.42 Å². The summed E-state index contributed by atoms with van der Waals surface area (Å²) in [6, 6.07) is 10.1. The fourth-order valence-electron chi connectivity index (χ4n) is 3.14. The lowest BCUT2D eigenvalue weighted by Crippen LogP contribution is -2.54. The summed E-state index contributed by atoms with van der Waals surface area (Å²) in [5.74, 6) is 0.326. The number of nitrogens with one attached hydrogen (secondary N) is 1. The van der Waals surface area contributed by atoms with E-state index in [9.17, 15) is 9.59 Å². The molecule has 9 heteroatoms. The maximum Gasteiger partial charge on any atom is 0.270 e. The zero-order valence-electron chi connectivity index (χ0n) is 18.8. The van der Waals surface area contributed by atoms with Gasteiger partial charge in [0.05, 0.1) is 30.5 Å². The fraction of sp³-hybridized carbons (Fsp3) is 0.292. The van der Waals surface area contributed by atoms with Gasteiger partial charge < -0.3 is 14.2 Å². The number of methoxy groups -OCH3 is 1. The Bertz CT molecular complexity index is 1100. The molecule has 33 heavy (non-hydrogen) atoms. The summed E-state index contributed by atoms with van der Waals surface area (Å²) in [6.07, 6.45) is 2.18. The average Bonchev–Trinajstić information content (AvgIpc) is 2.79. The quantitative estimate of drug-likeness (QED) is 0.328. The Labute approximate surface area is 203 Å². The molecule has 2 amide bonds. The predicted octanol–water partition coefficient (Wildman–Crippen LogP) is 4.76. The Morgan fingerprint density at radius 3 is 2.48 bits per heavy atom. The number of nitrogens with zero attached hydrogens (tertiary/aromatic N) is 1. The highest BCUT2D eigenvalue weighted by Gasteiger charge is 2.34. The maximum atomic E-state index is 13.2. The molecule has 1 aliphatic heterocycles. The average molecular weight is 489 g/mol. The van der Waals surface area contributed by atoms with Crippen LogP contribution in [0.15, 0.2) is 42.0 Å². The molecule has 174 valence electrons. The van der Waals surface area contributed by atoms with Crippen molar-refractivity contribution in [1.29, 1.82) is 0 Å². The summed E-state index contributed by atoms with van der Waals surface area (Å²) in [6.45, 7) is 6.33. The zero-order valence-corrected chi connectivity index (χ0v) is 20.4. The van der Waals surface area contributed by atoms with Gasteiger partial charge in [0.15, 0.2) is 16.6 Å². The van der Waals surface area contributed by atoms with Crippen LogP contribution in [0, 0.1) is 0 Å². The minimum absolute atomic E-state index is 0.000719. The second kappa shape index (κ2) is 10.7. The summed E-state index contributed by atoms with van der Waals surface area (Å²) < 4.78 is 16.7. The number of anilines is 1. The molecule has 2 aromatic rings. The summed E-state index contributed by atoms with van der Waals surface area (Å²) in [5.41, 5.74) is 0.921. The van der Waals surface area contributed by atoms with Crippen molar-refractivity contribution in [3.05, 3.63) is 52.6 Å². The molecule has 1 atom stereocenters. The monoisotopic (exact) mass is 488 g/mol. The first-order chi connectivity index (χ1) is 15.8. The van der Waals surface area contributed by atoms with Crippen molar-refractivity contribution in [3.8, 4) is 17.2 Å². The van der Waals surface area contributed by atoms with Crippen LogP contribution in [0.5, 0.6) is 17.2 Å². The van der Waals surface area contributed by atoms with Crippen molar-refractivity contribution >= 4 is 52.5 Å². The highest BCUT2D eigenvalue weighted by Crippen LogP contribution is 2.38. The Hall–Kier alpha value is -3.10. The van der Waals surface area contributed by atoms with Crippen molar-refractivity contribution in [2.45, 2.75) is 33.3 Å². The number of hydrogen-bond acceptors (Lipinski definition) is 6. The van der Waals surface area contributed by atoms with Gasteiger partial charge in [-0.2, -0.15) is 0 Å². The van der Waals surface area contributed by atoms with Crippen molar-refractivity contribution in [2.24, 2.45) is 0 Å². The first kappa shape index (κ1) is 24.5. The van der Waals surface area contributed by atoms with E-state index in [-0.39, 0.29) is 16.8 Å². The Balaban J connectivity index is 1.96. The van der Waals surface area contributed by atoms with E-state index in [1.54, 1.807) is 36.4 Å². The Morgan fingerprint density at radius 1 is 1.18 bits per heavy atom. The number of rotatable bonds is 8. The molecular formula is C24H25ClN2O5S. The first-order valence-electron chi connectivity index (χ1n) is 10.5. The summed E-state index contributed by atoms with van der Waals surface area (Å²) in [5, 5.41) is 2.87. The highest BCUT2D eigenvalue weighted by molar-refractivity contribution is 7.80. The zero-order chi connectivity index (χ0) is 24.1. The molecule has 0 saturated carbocycles. The van der Waals surface area contributed by atoms with Gasteiger partial charge in [-0.15, -0.1) is 0 Å². The second-order valence-corrected chi connectivity index (χ2v) is 8.05. The van der Waals surface area contributed by atoms with Gasteiger partial charge in [0.25, 0.3) is 11.8 Å². The molecule has 0 bridgehead atoms. The minimum Gasteiger partial charge on any atom is -0.494 e. The van der Waals surface area contributed by atoms with E-state index < -0.39 is 11.8 Å². The van der Waals surface area contributed by atoms with Crippen LogP contribution in [0.4, 0.5) is 5.69 Å². The number of ether oxygens (including phenoxy) is 3. The number of amides is 2. The number of hydrogen-bond donors (Lipinski definition) is 1. The van der Waals surface area contributed by atoms with Gasteiger partial charge >= 0.3 is 0 Å². The predicted molar refractivity (Wildman–Crippen MR) is 132 cm³/mol. The van der Waals surface area contributed by atoms with E-state index in [4.69, 9.17) is 38.0 Å². The lowest BCUT2D eigenvalue weighted by molar-refractivity contribution is -0.122. The molecule has 0 aliphatic carbocycles. The van der Waals surface area contributed by atoms with Crippen LogP contribution in [0.2, 0.25) is 5.02 Å². The van der Waals surface area contributed by atoms with Crippen LogP contribution < -0.4 is 24.4 Å². The van der Waals surface area contributed by atoms with E-state index >= 15 is 0 Å². The molecule has 0 unspecified atom stereocenters. The number of halogens is 1. The second-order valence-electron chi connectivity index (χ2n) is 7.26. The number of carbonyl (C=O) groups excluding carboxylic acids is 2. The van der Waals surface area contributed by atoms with Gasteiger partial charge in [-0.25, -0.2) is 0 Å². The van der Waals surface area contributed by atoms with Crippen LogP contribution in [-0.4, -0.2) is 36.7 Å². The lowest BCUT2D eigenvalue weighted by Gasteiger charge is -2.29. The standard InChI is InChI=1S/C24H25ClN2O5S/c1-5-14(3)32-21-19(25)12-15(13-20(21)30-4)11-18-22(28)26-24(33)27(23(18)29)16-7-9-17(10-8-16)31-6-2/h7-14H,5-6H2,1-4H3,(H,26,28,33)/b18-11+/t14-/m1/s1. The normalized spacial score (nSPS) is 16.0. The van der Waals surface area contributed by atoms with E-state index in [0.29, 0.717) is 40.1 Å². The van der Waals surface area contributed by atoms with Crippen molar-refractivity contribution in [1.82, 2.24) is 5.32 Å². The SMILES string of the molecule is CCOc1ccc(N2C(=O)/C(=C/c3cc(Cl)c(O[C@H](C)CC)c(OC)c3)C(=O)NC2=S)cc1. The van der Waals surface area contributed by atoms with Crippen LogP contribution >= 0.6 is 23.8 Å². The Morgan fingerprint density at radius 2 is 1.88 bits per heavy atom. The first-order valence-corrected chi connectivity index (χ1v) is 11.3. The highest BCUT2D eigenvalue weighted by atomic mass is 35.5. The molecule has 1 fully saturated rings. The molecule has 3 rings (SSSR count). The number of thiocarbonyl (C=S) groups is 1. The molecule has 0 aromatic heterocycles. The molecule has 1 saturated heterocycles. The van der Waals surface area contributed by atoms with Gasteiger partial charge in [0.2, 0.25) is 0 Å². The molecule has 2 aromatic carbocycles. The lowest BCUT2D eigenvalue weighted by atomic mass is 10.1. The largest absolute Gasteiger partial charge is 0.494 e. The number of benzene rings is 2. The van der Waals surface area contributed by atoms with Crippen LogP contribution in [0.1, 0.15) is 32.8 Å². The molecule has 0 spiro atoms. The van der Waals surface area contributed by atoms with Crippen LogP contribution in [0.25, 0.3) is 6.08 Å². The smallest absolute Gasteiger partial charge is 0.270 e. The van der Waals surface area contributed by atoms with E-state index in [1.807, 2.05) is 20.8 Å². The van der Waals surface area contributed by atoms with E-state index in [2.05, 4.69) is 5.32 Å². The maximum absolute atomic E-state index is 13.2. The summed E-state index contributed by atoms with van der Waals surface area (Å²) in [4.78, 5) is 27.1. The molecule has 1 heterocycles. The van der Waals surface area contributed by atoms with Crippen LogP contribution in [0.3, 0.4) is 0 Å². The molecule has 1 aliphatic rings. The summed E-state index contributed by atoms with van der Waals surface area (Å²) >= 11 is 11.7. The number of carbonyl (C=O) groups is 2. The third-order valence-corrected chi connectivity index (χ3v) is 5.53. The molecule has 1 N–H and O–H groups in total. The fourth-order valence-corrected chi connectivity index (χ4v) is 3.68.